The quantitative estimate of drug-likeness (QED) is 0.920. The molecule has 6 nitrogen and oxygen atoms in total. The molecule has 0 saturated heterocycles. The van der Waals surface area contributed by atoms with Gasteiger partial charge in [-0.25, -0.2) is 0 Å². The van der Waals surface area contributed by atoms with Crippen LogP contribution in [-0.4, -0.2) is 25.5 Å². The van der Waals surface area contributed by atoms with Crippen LogP contribution >= 0.6 is 11.6 Å². The molecule has 0 aliphatic rings. The van der Waals surface area contributed by atoms with Crippen molar-refractivity contribution in [2.75, 3.05) is 0 Å². The van der Waals surface area contributed by atoms with E-state index >= 15 is 0 Å². The van der Waals surface area contributed by atoms with Crippen molar-refractivity contribution in [3.63, 3.8) is 0 Å². The summed E-state index contributed by atoms with van der Waals surface area (Å²) >= 11 is 6.09. The number of aromatic nitrogens is 4. The van der Waals surface area contributed by atoms with Gasteiger partial charge in [-0.15, -0.1) is 0 Å². The van der Waals surface area contributed by atoms with E-state index in [1.54, 1.807) is 15.6 Å². The number of nitrogens with zero attached hydrogens (tertiary/aromatic N) is 4. The third-order valence-corrected chi connectivity index (χ3v) is 4.00. The van der Waals surface area contributed by atoms with Crippen molar-refractivity contribution in [1.29, 1.82) is 0 Å². The fraction of sp³-hybridized carbons (Fsp3) is 0.500. The second-order valence-corrected chi connectivity index (χ2v) is 5.50. The molecule has 0 aliphatic heterocycles. The van der Waals surface area contributed by atoms with E-state index in [-0.39, 0.29) is 18.5 Å². The number of aryl methyl sites for hydroxylation is 2. The third-order valence-electron chi connectivity index (χ3n) is 3.46. The summed E-state index contributed by atoms with van der Waals surface area (Å²) in [4.78, 5) is 12.2. The van der Waals surface area contributed by atoms with Gasteiger partial charge in [-0.2, -0.15) is 10.2 Å². The Morgan fingerprint density at radius 3 is 2.67 bits per heavy atom. The average Bonchev–Trinajstić information content (AvgIpc) is 2.97. The predicted molar refractivity (Wildman–Crippen MR) is 81.1 cm³/mol. The lowest BCUT2D eigenvalue weighted by Gasteiger charge is -2.15. The third kappa shape index (κ3) is 3.44. The van der Waals surface area contributed by atoms with Crippen LogP contribution in [0.3, 0.4) is 0 Å². The van der Waals surface area contributed by atoms with E-state index in [4.69, 9.17) is 11.6 Å². The number of nitrogens with one attached hydrogen (secondary N) is 1. The number of carbonyl (C=O) groups excluding carboxylic acids is 1. The molecule has 1 atom stereocenters. The summed E-state index contributed by atoms with van der Waals surface area (Å²) in [5.41, 5.74) is 2.54. The average molecular weight is 310 g/mol. The first-order valence-electron chi connectivity index (χ1n) is 6.89. The van der Waals surface area contributed by atoms with Crippen LogP contribution in [0.5, 0.6) is 0 Å². The Morgan fingerprint density at radius 2 is 2.19 bits per heavy atom. The topological polar surface area (TPSA) is 64.7 Å². The van der Waals surface area contributed by atoms with Gasteiger partial charge in [0.25, 0.3) is 0 Å². The molecule has 2 aromatic rings. The van der Waals surface area contributed by atoms with Gasteiger partial charge in [0.2, 0.25) is 5.91 Å². The van der Waals surface area contributed by atoms with E-state index < -0.39 is 0 Å². The lowest BCUT2D eigenvalue weighted by molar-refractivity contribution is -0.122. The summed E-state index contributed by atoms with van der Waals surface area (Å²) in [5.74, 6) is -0.0898. The molecule has 0 fully saturated rings. The Balaban J connectivity index is 2.05. The highest BCUT2D eigenvalue weighted by Crippen LogP contribution is 2.19. The van der Waals surface area contributed by atoms with Crippen molar-refractivity contribution >= 4 is 17.5 Å². The molecule has 0 radical (unpaired) electrons. The molecule has 0 saturated carbocycles. The predicted octanol–water partition coefficient (Wildman–Crippen LogP) is 2.15. The van der Waals surface area contributed by atoms with Gasteiger partial charge in [-0.3, -0.25) is 14.2 Å². The molecule has 2 rings (SSSR count). The SMILES string of the molecule is CC[C@@H](NC(=O)Cn1nc(C)c(Cl)c1C)c1cnn(C)c1. The van der Waals surface area contributed by atoms with Crippen LogP contribution in [0.25, 0.3) is 0 Å². The zero-order chi connectivity index (χ0) is 15.6. The number of halogens is 1. The summed E-state index contributed by atoms with van der Waals surface area (Å²) in [5, 5.41) is 12.0. The lowest BCUT2D eigenvalue weighted by atomic mass is 10.1. The molecule has 7 heteroatoms. The fourth-order valence-electron chi connectivity index (χ4n) is 2.25. The Morgan fingerprint density at radius 1 is 1.48 bits per heavy atom. The molecule has 114 valence electrons. The maximum Gasteiger partial charge on any atom is 0.242 e. The molecule has 2 heterocycles. The highest BCUT2D eigenvalue weighted by Gasteiger charge is 2.16. The van der Waals surface area contributed by atoms with Crippen molar-refractivity contribution in [1.82, 2.24) is 24.9 Å². The van der Waals surface area contributed by atoms with Gasteiger partial charge in [0, 0.05) is 18.8 Å². The van der Waals surface area contributed by atoms with Crippen molar-refractivity contribution in [2.45, 2.75) is 39.8 Å². The van der Waals surface area contributed by atoms with E-state index in [2.05, 4.69) is 15.5 Å². The molecule has 1 amide bonds. The number of hydrogen-bond donors (Lipinski definition) is 1. The normalized spacial score (nSPS) is 12.4. The van der Waals surface area contributed by atoms with E-state index in [9.17, 15) is 4.79 Å². The molecule has 0 unspecified atom stereocenters. The molecule has 0 aliphatic carbocycles. The largest absolute Gasteiger partial charge is 0.348 e. The molecule has 0 bridgehead atoms. The minimum absolute atomic E-state index is 0.0429. The van der Waals surface area contributed by atoms with Crippen LogP contribution in [0, 0.1) is 13.8 Å². The summed E-state index contributed by atoms with van der Waals surface area (Å²) in [6, 6.07) is -0.0429. The number of carbonyl (C=O) groups is 1. The Labute approximate surface area is 129 Å². The molecule has 1 N–H and O–H groups in total. The second kappa shape index (κ2) is 6.30. The molecular weight excluding hydrogens is 290 g/mol. The Hall–Kier alpha value is -1.82. The van der Waals surface area contributed by atoms with Crippen LogP contribution in [0.1, 0.15) is 36.3 Å². The first-order valence-corrected chi connectivity index (χ1v) is 7.27. The van der Waals surface area contributed by atoms with Gasteiger partial charge in [0.1, 0.15) is 6.54 Å². The van der Waals surface area contributed by atoms with Crippen molar-refractivity contribution < 1.29 is 4.79 Å². The van der Waals surface area contributed by atoms with Crippen molar-refractivity contribution in [2.24, 2.45) is 7.05 Å². The number of amides is 1. The molecule has 0 spiro atoms. The van der Waals surface area contributed by atoms with Gasteiger partial charge in [0.05, 0.1) is 28.6 Å². The zero-order valence-corrected chi connectivity index (χ0v) is 13.5. The molecule has 21 heavy (non-hydrogen) atoms. The monoisotopic (exact) mass is 309 g/mol. The van der Waals surface area contributed by atoms with E-state index in [0.29, 0.717) is 5.02 Å². The van der Waals surface area contributed by atoms with E-state index in [0.717, 1.165) is 23.4 Å². The number of hydrogen-bond acceptors (Lipinski definition) is 3. The maximum absolute atomic E-state index is 12.2. The van der Waals surface area contributed by atoms with Gasteiger partial charge < -0.3 is 5.32 Å². The van der Waals surface area contributed by atoms with E-state index in [1.165, 1.54) is 0 Å². The van der Waals surface area contributed by atoms with Crippen LogP contribution in [0.4, 0.5) is 0 Å². The standard InChI is InChI=1S/C14H20ClN5O/c1-5-12(11-6-16-19(4)7-11)17-13(21)8-20-10(3)14(15)9(2)18-20/h6-7,12H,5,8H2,1-4H3,(H,17,21)/t12-/m1/s1. The zero-order valence-electron chi connectivity index (χ0n) is 12.7. The minimum Gasteiger partial charge on any atom is -0.348 e. The Bertz CT molecular complexity index is 646. The molecule has 2 aromatic heterocycles. The lowest BCUT2D eigenvalue weighted by Crippen LogP contribution is -2.31. The van der Waals surface area contributed by atoms with Crippen LogP contribution < -0.4 is 5.32 Å². The molecular formula is C14H20ClN5O. The van der Waals surface area contributed by atoms with Gasteiger partial charge >= 0.3 is 0 Å². The van der Waals surface area contributed by atoms with Crippen LogP contribution in [-0.2, 0) is 18.4 Å². The smallest absolute Gasteiger partial charge is 0.242 e. The first kappa shape index (κ1) is 15.6. The van der Waals surface area contributed by atoms with Crippen molar-refractivity contribution in [3.8, 4) is 0 Å². The van der Waals surface area contributed by atoms with Crippen molar-refractivity contribution in [3.05, 3.63) is 34.4 Å². The second-order valence-electron chi connectivity index (χ2n) is 5.12. The van der Waals surface area contributed by atoms with Crippen LogP contribution in [0.15, 0.2) is 12.4 Å². The Kier molecular flexibility index (Phi) is 4.67. The molecule has 0 aromatic carbocycles. The summed E-state index contributed by atoms with van der Waals surface area (Å²) in [6.45, 7) is 5.87. The number of rotatable bonds is 5. The maximum atomic E-state index is 12.2. The van der Waals surface area contributed by atoms with E-state index in [1.807, 2.05) is 34.0 Å². The summed E-state index contributed by atoms with van der Waals surface area (Å²) in [7, 11) is 1.86. The van der Waals surface area contributed by atoms with Gasteiger partial charge in [0.15, 0.2) is 0 Å². The van der Waals surface area contributed by atoms with Gasteiger partial charge in [-0.1, -0.05) is 18.5 Å². The summed E-state index contributed by atoms with van der Waals surface area (Å²) in [6.07, 6.45) is 4.48. The van der Waals surface area contributed by atoms with Crippen LogP contribution in [0.2, 0.25) is 5.02 Å². The summed E-state index contributed by atoms with van der Waals surface area (Å²) < 4.78 is 3.36. The highest BCUT2D eigenvalue weighted by atomic mass is 35.5. The highest BCUT2D eigenvalue weighted by molar-refractivity contribution is 6.31. The minimum atomic E-state index is -0.0898. The fourth-order valence-corrected chi connectivity index (χ4v) is 2.38. The van der Waals surface area contributed by atoms with Gasteiger partial charge in [-0.05, 0) is 20.3 Å². The first-order chi connectivity index (χ1) is 9.92.